The number of rotatable bonds is 5. The van der Waals surface area contributed by atoms with Crippen molar-refractivity contribution in [2.24, 2.45) is 0 Å². The van der Waals surface area contributed by atoms with Gasteiger partial charge in [0.25, 0.3) is 5.91 Å². The second-order valence-electron chi connectivity index (χ2n) is 7.05. The molecule has 0 heterocycles. The van der Waals surface area contributed by atoms with Crippen molar-refractivity contribution in [1.29, 1.82) is 0 Å². The molecule has 0 saturated carbocycles. The Morgan fingerprint density at radius 2 is 1.69 bits per heavy atom. The molecule has 4 nitrogen and oxygen atoms in total. The lowest BCUT2D eigenvalue weighted by Crippen LogP contribution is -2.29. The van der Waals surface area contributed by atoms with E-state index in [1.807, 2.05) is 45.9 Å². The fourth-order valence-corrected chi connectivity index (χ4v) is 2.57. The third-order valence-corrected chi connectivity index (χ3v) is 3.96. The molecule has 0 aliphatic rings. The Morgan fingerprint density at radius 1 is 1.08 bits per heavy atom. The smallest absolute Gasteiger partial charge is 0.338 e. The van der Waals surface area contributed by atoms with E-state index in [0.29, 0.717) is 17.7 Å². The first-order chi connectivity index (χ1) is 12.2. The van der Waals surface area contributed by atoms with Gasteiger partial charge in [-0.15, -0.1) is 0 Å². The van der Waals surface area contributed by atoms with Gasteiger partial charge >= 0.3 is 5.97 Å². The van der Waals surface area contributed by atoms with Gasteiger partial charge in [-0.05, 0) is 57.0 Å². The summed E-state index contributed by atoms with van der Waals surface area (Å²) in [6.07, 6.45) is 0. The highest BCUT2D eigenvalue weighted by Crippen LogP contribution is 2.15. The van der Waals surface area contributed by atoms with Crippen LogP contribution in [0.25, 0.3) is 0 Å². The normalized spacial score (nSPS) is 10.9. The van der Waals surface area contributed by atoms with Gasteiger partial charge in [0.15, 0.2) is 0 Å². The highest BCUT2D eigenvalue weighted by atomic mass is 32.1. The molecule has 26 heavy (non-hydrogen) atoms. The Balaban J connectivity index is 2.11. The monoisotopic (exact) mass is 369 g/mol. The summed E-state index contributed by atoms with van der Waals surface area (Å²) in [6, 6.07) is 14.4. The predicted molar refractivity (Wildman–Crippen MR) is 106 cm³/mol. The first-order valence-electron chi connectivity index (χ1n) is 8.35. The summed E-state index contributed by atoms with van der Waals surface area (Å²) in [7, 11) is 0. The summed E-state index contributed by atoms with van der Waals surface area (Å²) >= 11 is 5.03. The molecule has 0 aliphatic heterocycles. The van der Waals surface area contributed by atoms with Crippen molar-refractivity contribution in [1.82, 2.24) is 4.90 Å². The van der Waals surface area contributed by atoms with Crippen molar-refractivity contribution in [3.05, 3.63) is 70.8 Å². The summed E-state index contributed by atoms with van der Waals surface area (Å²) in [4.78, 5) is 26.2. The van der Waals surface area contributed by atoms with Crippen molar-refractivity contribution >= 4 is 29.6 Å². The van der Waals surface area contributed by atoms with Crippen LogP contribution in [-0.4, -0.2) is 27.9 Å². The maximum Gasteiger partial charge on any atom is 0.338 e. The summed E-state index contributed by atoms with van der Waals surface area (Å²) in [5, 5.41) is 0. The number of esters is 1. The van der Waals surface area contributed by atoms with E-state index < -0.39 is 5.60 Å². The molecule has 0 radical (unpaired) electrons. The molecule has 1 amide bonds. The third-order valence-electron chi connectivity index (χ3n) is 3.71. The molecule has 0 saturated heterocycles. The standard InChI is InChI=1S/C21H23NO3S/c1-15-7-5-6-8-18(15)19(23)22(14-26)13-16-9-11-17(12-10-16)20(24)25-21(2,3)4/h5-12,14H,13H2,1-4H3. The summed E-state index contributed by atoms with van der Waals surface area (Å²) < 4.78 is 5.35. The van der Waals surface area contributed by atoms with Crippen LogP contribution in [0.1, 0.15) is 52.6 Å². The number of benzene rings is 2. The van der Waals surface area contributed by atoms with Crippen LogP contribution in [-0.2, 0) is 11.3 Å². The third kappa shape index (κ3) is 5.23. The van der Waals surface area contributed by atoms with Gasteiger partial charge in [0.1, 0.15) is 5.60 Å². The van der Waals surface area contributed by atoms with Crippen LogP contribution in [0.3, 0.4) is 0 Å². The molecule has 0 fully saturated rings. The minimum Gasteiger partial charge on any atom is -0.456 e. The van der Waals surface area contributed by atoms with Gasteiger partial charge in [-0.25, -0.2) is 4.79 Å². The van der Waals surface area contributed by atoms with Crippen molar-refractivity contribution < 1.29 is 14.3 Å². The molecule has 0 spiro atoms. The second-order valence-corrected chi connectivity index (χ2v) is 7.26. The molecule has 136 valence electrons. The van der Waals surface area contributed by atoms with Crippen molar-refractivity contribution in [2.75, 3.05) is 0 Å². The zero-order valence-corrected chi connectivity index (χ0v) is 16.3. The van der Waals surface area contributed by atoms with E-state index in [1.165, 1.54) is 10.4 Å². The molecule has 0 N–H and O–H groups in total. The van der Waals surface area contributed by atoms with E-state index >= 15 is 0 Å². The van der Waals surface area contributed by atoms with Gasteiger partial charge in [-0.3, -0.25) is 4.79 Å². The molecule has 2 aromatic rings. The lowest BCUT2D eigenvalue weighted by molar-refractivity contribution is 0.00693. The Kier molecular flexibility index (Phi) is 6.27. The van der Waals surface area contributed by atoms with E-state index in [9.17, 15) is 9.59 Å². The highest BCUT2D eigenvalue weighted by Gasteiger charge is 2.19. The number of hydrogen-bond acceptors (Lipinski definition) is 4. The number of hydrogen-bond donors (Lipinski definition) is 0. The Morgan fingerprint density at radius 3 is 2.23 bits per heavy atom. The summed E-state index contributed by atoms with van der Waals surface area (Å²) in [5.41, 5.74) is 3.70. The quantitative estimate of drug-likeness (QED) is 0.573. The number of thiocarbonyl (C=S) groups is 1. The average molecular weight is 369 g/mol. The van der Waals surface area contributed by atoms with E-state index in [4.69, 9.17) is 17.0 Å². The van der Waals surface area contributed by atoms with Gasteiger partial charge in [-0.2, -0.15) is 0 Å². The number of carbonyl (C=O) groups is 2. The molecule has 5 heteroatoms. The molecule has 2 rings (SSSR count). The number of ether oxygens (including phenoxy) is 1. The van der Waals surface area contributed by atoms with E-state index in [1.54, 1.807) is 30.3 Å². The van der Waals surface area contributed by atoms with Crippen LogP contribution in [0.2, 0.25) is 0 Å². The van der Waals surface area contributed by atoms with Crippen LogP contribution >= 0.6 is 12.2 Å². The fourth-order valence-electron chi connectivity index (χ4n) is 2.40. The fraction of sp³-hybridized carbons (Fsp3) is 0.286. The maximum absolute atomic E-state index is 12.7. The van der Waals surface area contributed by atoms with Crippen molar-refractivity contribution in [3.63, 3.8) is 0 Å². The van der Waals surface area contributed by atoms with Crippen LogP contribution < -0.4 is 0 Å². The highest BCUT2D eigenvalue weighted by molar-refractivity contribution is 7.78. The molecular formula is C21H23NO3S. The predicted octanol–water partition coefficient (Wildman–Crippen LogP) is 4.55. The average Bonchev–Trinajstić information content (AvgIpc) is 2.58. The zero-order valence-electron chi connectivity index (χ0n) is 15.5. The van der Waals surface area contributed by atoms with Crippen LogP contribution in [0.5, 0.6) is 0 Å². The van der Waals surface area contributed by atoms with Gasteiger partial charge in [0, 0.05) is 5.56 Å². The van der Waals surface area contributed by atoms with Crippen LogP contribution in [0.15, 0.2) is 48.5 Å². The Hall–Kier alpha value is -2.53. The molecule has 0 aliphatic carbocycles. The zero-order chi connectivity index (χ0) is 19.3. The van der Waals surface area contributed by atoms with Gasteiger partial charge in [0.2, 0.25) is 0 Å². The number of nitrogens with zero attached hydrogens (tertiary/aromatic N) is 1. The van der Waals surface area contributed by atoms with Crippen LogP contribution in [0, 0.1) is 6.92 Å². The molecule has 0 atom stereocenters. The topological polar surface area (TPSA) is 46.6 Å². The summed E-state index contributed by atoms with van der Waals surface area (Å²) in [5.74, 6) is -0.513. The van der Waals surface area contributed by atoms with E-state index in [0.717, 1.165) is 11.1 Å². The van der Waals surface area contributed by atoms with Crippen molar-refractivity contribution in [3.8, 4) is 0 Å². The molecule has 2 aromatic carbocycles. The Labute approximate surface area is 159 Å². The molecule has 0 bridgehead atoms. The van der Waals surface area contributed by atoms with Gasteiger partial charge in [0.05, 0.1) is 17.6 Å². The van der Waals surface area contributed by atoms with E-state index in [-0.39, 0.29) is 11.9 Å². The molecular weight excluding hydrogens is 346 g/mol. The second kappa shape index (κ2) is 8.23. The minimum atomic E-state index is -0.538. The summed E-state index contributed by atoms with van der Waals surface area (Å²) in [6.45, 7) is 7.71. The van der Waals surface area contributed by atoms with Crippen molar-refractivity contribution in [2.45, 2.75) is 39.8 Å². The lowest BCUT2D eigenvalue weighted by Gasteiger charge is -2.20. The lowest BCUT2D eigenvalue weighted by atomic mass is 10.1. The minimum absolute atomic E-state index is 0.144. The molecule has 0 aromatic heterocycles. The number of amides is 1. The number of aryl methyl sites for hydroxylation is 1. The first-order valence-corrected chi connectivity index (χ1v) is 8.82. The molecule has 0 unspecified atom stereocenters. The van der Waals surface area contributed by atoms with E-state index in [2.05, 4.69) is 0 Å². The van der Waals surface area contributed by atoms with Gasteiger partial charge in [-0.1, -0.05) is 42.5 Å². The SMILES string of the molecule is Cc1ccccc1C(=O)N(C=S)Cc1ccc(C(=O)OC(C)(C)C)cc1. The maximum atomic E-state index is 12.7. The largest absolute Gasteiger partial charge is 0.456 e. The Bertz CT molecular complexity index is 807. The number of carbonyl (C=O) groups excluding carboxylic acids is 2. The first kappa shape index (κ1) is 19.8. The van der Waals surface area contributed by atoms with Gasteiger partial charge < -0.3 is 9.64 Å². The van der Waals surface area contributed by atoms with Crippen LogP contribution in [0.4, 0.5) is 0 Å².